The third-order valence-electron chi connectivity index (χ3n) is 4.29. The van der Waals surface area contributed by atoms with Gasteiger partial charge in [0.1, 0.15) is 5.75 Å². The number of hydrogen-bond acceptors (Lipinski definition) is 5. The van der Waals surface area contributed by atoms with Gasteiger partial charge in [-0.25, -0.2) is 9.59 Å². The largest absolute Gasteiger partial charge is 0.465 e. The second kappa shape index (κ2) is 8.97. The lowest BCUT2D eigenvalue weighted by atomic mass is 10.0. The van der Waals surface area contributed by atoms with Gasteiger partial charge in [-0.1, -0.05) is 36.4 Å². The highest BCUT2D eigenvalue weighted by Gasteiger charge is 2.09. The van der Waals surface area contributed by atoms with Crippen molar-refractivity contribution in [2.75, 3.05) is 13.7 Å². The lowest BCUT2D eigenvalue weighted by molar-refractivity contribution is 0.0600. The molecular weight excluding hydrogens is 356 g/mol. The summed E-state index contributed by atoms with van der Waals surface area (Å²) in [5.74, 6) is -0.372. The summed E-state index contributed by atoms with van der Waals surface area (Å²) in [6, 6.07) is 21.2. The number of rotatable bonds is 6. The van der Waals surface area contributed by atoms with Gasteiger partial charge in [0.25, 0.3) is 0 Å². The maximum atomic E-state index is 12.3. The number of aliphatic hydroxyl groups is 1. The molecule has 5 nitrogen and oxygen atoms in total. The van der Waals surface area contributed by atoms with Crippen LogP contribution < -0.4 is 4.74 Å². The van der Waals surface area contributed by atoms with E-state index < -0.39 is 5.97 Å². The van der Waals surface area contributed by atoms with E-state index >= 15 is 0 Å². The summed E-state index contributed by atoms with van der Waals surface area (Å²) >= 11 is 0. The van der Waals surface area contributed by atoms with E-state index in [1.165, 1.54) is 7.11 Å². The normalized spacial score (nSPS) is 10.4. The van der Waals surface area contributed by atoms with Crippen LogP contribution in [0.1, 0.15) is 26.3 Å². The maximum Gasteiger partial charge on any atom is 0.343 e. The molecule has 0 unspecified atom stereocenters. The van der Waals surface area contributed by atoms with E-state index in [0.29, 0.717) is 23.3 Å². The number of aliphatic hydroxyl groups excluding tert-OH is 1. The minimum Gasteiger partial charge on any atom is -0.465 e. The zero-order chi connectivity index (χ0) is 19.9. The van der Waals surface area contributed by atoms with Crippen molar-refractivity contribution in [1.29, 1.82) is 0 Å². The number of hydrogen-bond donors (Lipinski definition) is 1. The zero-order valence-corrected chi connectivity index (χ0v) is 15.4. The van der Waals surface area contributed by atoms with Gasteiger partial charge in [-0.05, 0) is 59.5 Å². The maximum absolute atomic E-state index is 12.3. The number of carbonyl (C=O) groups is 2. The molecule has 5 heteroatoms. The van der Waals surface area contributed by atoms with Gasteiger partial charge in [-0.3, -0.25) is 0 Å². The molecule has 0 aliphatic carbocycles. The summed E-state index contributed by atoms with van der Waals surface area (Å²) in [6.45, 7) is 0.0710. The fraction of sp³-hybridized carbons (Fsp3) is 0.130. The number of carbonyl (C=O) groups excluding carboxylic acids is 2. The predicted molar refractivity (Wildman–Crippen MR) is 105 cm³/mol. The Morgan fingerprint density at radius 1 is 0.750 bits per heavy atom. The van der Waals surface area contributed by atoms with Crippen LogP contribution in [0, 0.1) is 0 Å². The minimum atomic E-state index is -0.439. The lowest BCUT2D eigenvalue weighted by Crippen LogP contribution is -2.08. The molecule has 28 heavy (non-hydrogen) atoms. The predicted octanol–water partition coefficient (Wildman–Crippen LogP) is 3.89. The monoisotopic (exact) mass is 376 g/mol. The van der Waals surface area contributed by atoms with Crippen LogP contribution in [0.4, 0.5) is 0 Å². The molecule has 0 heterocycles. The summed E-state index contributed by atoms with van der Waals surface area (Å²) in [5, 5.41) is 8.93. The number of esters is 2. The molecule has 0 fully saturated rings. The standard InChI is InChI=1S/C23H20O5/c1-27-22(25)19-8-6-17(7-9-19)18-10-12-21(13-11-18)28-23(26)20-4-2-16(3-5-20)14-15-24/h2-13,24H,14-15H2,1H3. The SMILES string of the molecule is COC(=O)c1ccc(-c2ccc(OC(=O)c3ccc(CCO)cc3)cc2)cc1. The van der Waals surface area contributed by atoms with Gasteiger partial charge < -0.3 is 14.6 Å². The molecule has 3 rings (SSSR count). The number of methoxy groups -OCH3 is 1. The third-order valence-corrected chi connectivity index (χ3v) is 4.29. The Morgan fingerprint density at radius 2 is 1.25 bits per heavy atom. The molecule has 0 saturated carbocycles. The molecule has 0 aliphatic heterocycles. The molecule has 0 radical (unpaired) electrons. The van der Waals surface area contributed by atoms with Gasteiger partial charge in [0, 0.05) is 6.61 Å². The molecular formula is C23H20O5. The molecule has 0 saturated heterocycles. The van der Waals surface area contributed by atoms with Crippen molar-refractivity contribution in [2.45, 2.75) is 6.42 Å². The van der Waals surface area contributed by atoms with E-state index in [9.17, 15) is 9.59 Å². The van der Waals surface area contributed by atoms with Gasteiger partial charge in [-0.15, -0.1) is 0 Å². The molecule has 0 spiro atoms. The van der Waals surface area contributed by atoms with Gasteiger partial charge in [0.05, 0.1) is 18.2 Å². The van der Waals surface area contributed by atoms with E-state index in [1.54, 1.807) is 48.5 Å². The Balaban J connectivity index is 1.67. The van der Waals surface area contributed by atoms with E-state index in [4.69, 9.17) is 14.6 Å². The van der Waals surface area contributed by atoms with Crippen molar-refractivity contribution < 1.29 is 24.2 Å². The van der Waals surface area contributed by atoms with Crippen LogP contribution in [0.25, 0.3) is 11.1 Å². The zero-order valence-electron chi connectivity index (χ0n) is 15.4. The highest BCUT2D eigenvalue weighted by molar-refractivity contribution is 5.91. The van der Waals surface area contributed by atoms with Crippen LogP contribution in [0.3, 0.4) is 0 Å². The Morgan fingerprint density at radius 3 is 1.79 bits per heavy atom. The van der Waals surface area contributed by atoms with Crippen LogP contribution in [0.2, 0.25) is 0 Å². The number of ether oxygens (including phenoxy) is 2. The van der Waals surface area contributed by atoms with Crippen LogP contribution in [-0.2, 0) is 11.2 Å². The summed E-state index contributed by atoms with van der Waals surface area (Å²) < 4.78 is 10.1. The highest BCUT2D eigenvalue weighted by Crippen LogP contribution is 2.23. The van der Waals surface area contributed by atoms with Crippen molar-refractivity contribution >= 4 is 11.9 Å². The Hall–Kier alpha value is -3.44. The first kappa shape index (κ1) is 19.3. The second-order valence-electron chi connectivity index (χ2n) is 6.15. The van der Waals surface area contributed by atoms with Crippen LogP contribution in [0.5, 0.6) is 5.75 Å². The van der Waals surface area contributed by atoms with E-state index in [0.717, 1.165) is 16.7 Å². The fourth-order valence-electron chi connectivity index (χ4n) is 2.73. The molecule has 0 amide bonds. The first-order valence-corrected chi connectivity index (χ1v) is 8.81. The summed E-state index contributed by atoms with van der Waals surface area (Å²) in [5.41, 5.74) is 3.77. The molecule has 142 valence electrons. The third kappa shape index (κ3) is 4.64. The summed E-state index contributed by atoms with van der Waals surface area (Å²) in [4.78, 5) is 23.7. The van der Waals surface area contributed by atoms with Crippen LogP contribution >= 0.6 is 0 Å². The van der Waals surface area contributed by atoms with Crippen LogP contribution in [0.15, 0.2) is 72.8 Å². The van der Waals surface area contributed by atoms with Crippen LogP contribution in [-0.4, -0.2) is 30.8 Å². The topological polar surface area (TPSA) is 72.8 Å². The van der Waals surface area contributed by atoms with Crippen molar-refractivity contribution in [3.05, 3.63) is 89.5 Å². The fourth-order valence-corrected chi connectivity index (χ4v) is 2.73. The Labute approximate surface area is 163 Å². The molecule has 3 aromatic rings. The van der Waals surface area contributed by atoms with Crippen molar-refractivity contribution in [2.24, 2.45) is 0 Å². The Kier molecular flexibility index (Phi) is 6.19. The second-order valence-corrected chi connectivity index (χ2v) is 6.15. The van der Waals surface area contributed by atoms with Gasteiger partial charge >= 0.3 is 11.9 Å². The van der Waals surface area contributed by atoms with E-state index in [-0.39, 0.29) is 12.6 Å². The van der Waals surface area contributed by atoms with Gasteiger partial charge in [-0.2, -0.15) is 0 Å². The molecule has 0 aromatic heterocycles. The first-order chi connectivity index (χ1) is 13.6. The van der Waals surface area contributed by atoms with E-state index in [2.05, 4.69) is 0 Å². The summed E-state index contributed by atoms with van der Waals surface area (Å²) in [6.07, 6.45) is 0.553. The average Bonchev–Trinajstić information content (AvgIpc) is 2.74. The van der Waals surface area contributed by atoms with Gasteiger partial charge in [0.2, 0.25) is 0 Å². The van der Waals surface area contributed by atoms with Crippen molar-refractivity contribution in [3.63, 3.8) is 0 Å². The molecule has 1 N–H and O–H groups in total. The van der Waals surface area contributed by atoms with E-state index in [1.807, 2.05) is 24.3 Å². The summed E-state index contributed by atoms with van der Waals surface area (Å²) in [7, 11) is 1.35. The molecule has 3 aromatic carbocycles. The number of benzene rings is 3. The van der Waals surface area contributed by atoms with Crippen molar-refractivity contribution in [3.8, 4) is 16.9 Å². The van der Waals surface area contributed by atoms with Gasteiger partial charge in [0.15, 0.2) is 0 Å². The molecule has 0 bridgehead atoms. The minimum absolute atomic E-state index is 0.0710. The average molecular weight is 376 g/mol. The Bertz CT molecular complexity index is 942. The lowest BCUT2D eigenvalue weighted by Gasteiger charge is -2.07. The molecule has 0 aliphatic rings. The van der Waals surface area contributed by atoms with Crippen molar-refractivity contribution in [1.82, 2.24) is 0 Å². The highest BCUT2D eigenvalue weighted by atomic mass is 16.5. The first-order valence-electron chi connectivity index (χ1n) is 8.81. The quantitative estimate of drug-likeness (QED) is 0.522. The smallest absolute Gasteiger partial charge is 0.343 e. The molecule has 0 atom stereocenters.